The molecule has 1 aromatic rings. The van der Waals surface area contributed by atoms with Gasteiger partial charge in [-0.05, 0) is 17.7 Å². The quantitative estimate of drug-likeness (QED) is 0.801. The number of hydrogen-bond acceptors (Lipinski definition) is 2. The van der Waals surface area contributed by atoms with E-state index in [-0.39, 0.29) is 18.2 Å². The number of allylic oxidation sites excluding steroid dienone is 1. The molecule has 1 heterocycles. The summed E-state index contributed by atoms with van der Waals surface area (Å²) in [5.41, 5.74) is 1.80. The zero-order valence-electron chi connectivity index (χ0n) is 8.96. The minimum atomic E-state index is -0.420. The van der Waals surface area contributed by atoms with E-state index in [9.17, 15) is 9.18 Å². The molecule has 0 aromatic heterocycles. The monoisotopic (exact) mass is 220 g/mol. The highest BCUT2D eigenvalue weighted by atomic mass is 19.1. The summed E-state index contributed by atoms with van der Waals surface area (Å²) in [6.45, 7) is 0. The van der Waals surface area contributed by atoms with Crippen LogP contribution in [-0.4, -0.2) is 13.0 Å². The summed E-state index contributed by atoms with van der Waals surface area (Å²) in [5, 5.41) is 5.41. The van der Waals surface area contributed by atoms with Gasteiger partial charge in [0.1, 0.15) is 5.83 Å². The van der Waals surface area contributed by atoms with Crippen LogP contribution in [0.5, 0.6) is 0 Å². The largest absolute Gasteiger partial charge is 0.388 e. The predicted molar refractivity (Wildman–Crippen MR) is 60.7 cm³/mol. The van der Waals surface area contributed by atoms with E-state index in [0.717, 1.165) is 17.5 Å². The summed E-state index contributed by atoms with van der Waals surface area (Å²) in [6.07, 6.45) is 1.27. The molecule has 0 bridgehead atoms. The first-order valence-electron chi connectivity index (χ1n) is 5.13. The van der Waals surface area contributed by atoms with Crippen molar-refractivity contribution in [2.75, 3.05) is 12.4 Å². The molecular formula is C12H13FN2O. The van der Waals surface area contributed by atoms with Crippen molar-refractivity contribution < 1.29 is 9.18 Å². The van der Waals surface area contributed by atoms with Crippen molar-refractivity contribution in [2.24, 2.45) is 0 Å². The third-order valence-corrected chi connectivity index (χ3v) is 2.69. The van der Waals surface area contributed by atoms with E-state index >= 15 is 0 Å². The summed E-state index contributed by atoms with van der Waals surface area (Å²) >= 11 is 0. The summed E-state index contributed by atoms with van der Waals surface area (Å²) in [5.74, 6) is -0.864. The molecule has 4 heteroatoms. The van der Waals surface area contributed by atoms with Gasteiger partial charge < -0.3 is 10.6 Å². The number of anilines is 1. The van der Waals surface area contributed by atoms with E-state index in [0.29, 0.717) is 0 Å². The molecule has 1 unspecified atom stereocenters. The first-order valence-corrected chi connectivity index (χ1v) is 5.13. The second kappa shape index (κ2) is 4.35. The summed E-state index contributed by atoms with van der Waals surface area (Å²) in [6, 6.07) is 7.43. The van der Waals surface area contributed by atoms with Crippen LogP contribution < -0.4 is 10.6 Å². The molecule has 2 rings (SSSR count). The third-order valence-electron chi connectivity index (χ3n) is 2.69. The second-order valence-electron chi connectivity index (χ2n) is 3.73. The molecule has 2 N–H and O–H groups in total. The minimum Gasteiger partial charge on any atom is -0.388 e. The van der Waals surface area contributed by atoms with Crippen LogP contribution in [0.4, 0.5) is 10.1 Å². The molecule has 1 aliphatic rings. The minimum absolute atomic E-state index is 0.144. The number of amides is 1. The highest BCUT2D eigenvalue weighted by Crippen LogP contribution is 2.27. The average Bonchev–Trinajstić information content (AvgIpc) is 2.32. The van der Waals surface area contributed by atoms with Gasteiger partial charge in [-0.1, -0.05) is 12.1 Å². The van der Waals surface area contributed by atoms with Crippen molar-refractivity contribution in [1.29, 1.82) is 0 Å². The predicted octanol–water partition coefficient (Wildman–Crippen LogP) is 2.14. The molecular weight excluding hydrogens is 207 g/mol. The smallest absolute Gasteiger partial charge is 0.231 e. The van der Waals surface area contributed by atoms with Crippen LogP contribution in [0.2, 0.25) is 0 Å². The number of hydrogen-bond donors (Lipinski definition) is 2. The molecule has 0 radical (unpaired) electrons. The standard InChI is InChI=1S/C12H13FN2O/c1-14-10-4-2-8(3-5-10)11-6-9(13)7-15-12(11)16/h2-5,7,11,14H,6H2,1H3,(H,15,16). The lowest BCUT2D eigenvalue weighted by atomic mass is 9.92. The molecule has 0 fully saturated rings. The van der Waals surface area contributed by atoms with Crippen LogP contribution in [-0.2, 0) is 4.79 Å². The Hall–Kier alpha value is -1.84. The van der Waals surface area contributed by atoms with Gasteiger partial charge in [-0.3, -0.25) is 4.79 Å². The number of carbonyl (C=O) groups is 1. The maximum atomic E-state index is 13.1. The van der Waals surface area contributed by atoms with E-state index in [4.69, 9.17) is 0 Å². The Morgan fingerprint density at radius 3 is 2.69 bits per heavy atom. The molecule has 0 saturated carbocycles. The normalized spacial score (nSPS) is 20.0. The Morgan fingerprint density at radius 1 is 1.38 bits per heavy atom. The van der Waals surface area contributed by atoms with Gasteiger partial charge in [0.05, 0.1) is 5.92 Å². The van der Waals surface area contributed by atoms with Gasteiger partial charge in [0.2, 0.25) is 5.91 Å². The van der Waals surface area contributed by atoms with E-state index in [1.54, 1.807) is 0 Å². The fourth-order valence-electron chi connectivity index (χ4n) is 1.75. The van der Waals surface area contributed by atoms with Crippen LogP contribution in [0.1, 0.15) is 17.9 Å². The zero-order valence-corrected chi connectivity index (χ0v) is 8.96. The lowest BCUT2D eigenvalue weighted by Gasteiger charge is -2.19. The van der Waals surface area contributed by atoms with E-state index in [2.05, 4.69) is 10.6 Å². The van der Waals surface area contributed by atoms with Crippen molar-refractivity contribution in [3.05, 3.63) is 41.9 Å². The highest BCUT2D eigenvalue weighted by Gasteiger charge is 2.25. The van der Waals surface area contributed by atoms with Gasteiger partial charge in [-0.25, -0.2) is 4.39 Å². The maximum Gasteiger partial charge on any atom is 0.231 e. The topological polar surface area (TPSA) is 41.1 Å². The van der Waals surface area contributed by atoms with Crippen molar-refractivity contribution in [3.63, 3.8) is 0 Å². The molecule has 1 aromatic carbocycles. The average molecular weight is 220 g/mol. The fraction of sp³-hybridized carbons (Fsp3) is 0.250. The fourth-order valence-corrected chi connectivity index (χ4v) is 1.75. The van der Waals surface area contributed by atoms with Crippen molar-refractivity contribution in [3.8, 4) is 0 Å². The van der Waals surface area contributed by atoms with Gasteiger partial charge >= 0.3 is 0 Å². The van der Waals surface area contributed by atoms with Crippen LogP contribution in [0.25, 0.3) is 0 Å². The molecule has 1 atom stereocenters. The third kappa shape index (κ3) is 2.05. The van der Waals surface area contributed by atoms with Crippen molar-refractivity contribution in [1.82, 2.24) is 5.32 Å². The van der Waals surface area contributed by atoms with E-state index in [1.165, 1.54) is 0 Å². The van der Waals surface area contributed by atoms with E-state index < -0.39 is 5.92 Å². The molecule has 3 nitrogen and oxygen atoms in total. The number of carbonyl (C=O) groups excluding carboxylic acids is 1. The number of benzene rings is 1. The van der Waals surface area contributed by atoms with Gasteiger partial charge in [0.15, 0.2) is 0 Å². The summed E-state index contributed by atoms with van der Waals surface area (Å²) < 4.78 is 13.1. The lowest BCUT2D eigenvalue weighted by molar-refractivity contribution is -0.122. The van der Waals surface area contributed by atoms with Gasteiger partial charge in [-0.15, -0.1) is 0 Å². The van der Waals surface area contributed by atoms with Crippen molar-refractivity contribution in [2.45, 2.75) is 12.3 Å². The Balaban J connectivity index is 2.23. The van der Waals surface area contributed by atoms with Crippen LogP contribution in [0.3, 0.4) is 0 Å². The Kier molecular flexibility index (Phi) is 2.90. The molecule has 1 aliphatic heterocycles. The Bertz CT molecular complexity index is 425. The first kappa shape index (κ1) is 10.7. The van der Waals surface area contributed by atoms with Gasteiger partial charge in [0, 0.05) is 25.4 Å². The van der Waals surface area contributed by atoms with Gasteiger partial charge in [0.25, 0.3) is 0 Å². The molecule has 84 valence electrons. The summed E-state index contributed by atoms with van der Waals surface area (Å²) in [4.78, 5) is 11.6. The molecule has 0 aliphatic carbocycles. The van der Waals surface area contributed by atoms with E-state index in [1.807, 2.05) is 31.3 Å². The van der Waals surface area contributed by atoms with Crippen LogP contribution in [0.15, 0.2) is 36.3 Å². The first-order chi connectivity index (χ1) is 7.70. The highest BCUT2D eigenvalue weighted by molar-refractivity contribution is 5.85. The number of rotatable bonds is 2. The maximum absolute atomic E-state index is 13.1. The summed E-state index contributed by atoms with van der Waals surface area (Å²) in [7, 11) is 1.82. The van der Waals surface area contributed by atoms with Crippen LogP contribution >= 0.6 is 0 Å². The second-order valence-corrected chi connectivity index (χ2v) is 3.73. The van der Waals surface area contributed by atoms with Gasteiger partial charge in [-0.2, -0.15) is 0 Å². The molecule has 1 amide bonds. The van der Waals surface area contributed by atoms with Crippen LogP contribution in [0, 0.1) is 0 Å². The number of halogens is 1. The molecule has 0 saturated heterocycles. The Labute approximate surface area is 93.4 Å². The molecule has 0 spiro atoms. The Morgan fingerprint density at radius 2 is 2.06 bits per heavy atom. The van der Waals surface area contributed by atoms with Crippen molar-refractivity contribution >= 4 is 11.6 Å². The molecule has 16 heavy (non-hydrogen) atoms. The lowest BCUT2D eigenvalue weighted by Crippen LogP contribution is -2.29. The number of nitrogens with one attached hydrogen (secondary N) is 2. The zero-order chi connectivity index (χ0) is 11.5. The SMILES string of the molecule is CNc1ccc(C2CC(F)=CNC2=O)cc1.